The third-order valence-corrected chi connectivity index (χ3v) is 2.25. The highest BCUT2D eigenvalue weighted by molar-refractivity contribution is 5.69. The van der Waals surface area contributed by atoms with E-state index in [0.29, 0.717) is 0 Å². The molecule has 2 rings (SSSR count). The zero-order chi connectivity index (χ0) is 9.97. The first-order valence-corrected chi connectivity index (χ1v) is 4.54. The smallest absolute Gasteiger partial charge is 0.0352 e. The van der Waals surface area contributed by atoms with E-state index < -0.39 is 0 Å². The van der Waals surface area contributed by atoms with Crippen LogP contribution < -0.4 is 5.73 Å². The molecule has 0 unspecified atom stereocenters. The molecule has 2 N–H and O–H groups in total. The van der Waals surface area contributed by atoms with E-state index in [4.69, 9.17) is 5.73 Å². The first kappa shape index (κ1) is 8.82. The minimum absolute atomic E-state index is 0.742. The molecule has 1 radical (unpaired) electrons. The van der Waals surface area contributed by atoms with E-state index in [2.05, 4.69) is 19.1 Å². The molecule has 0 heterocycles. The van der Waals surface area contributed by atoms with Gasteiger partial charge in [-0.25, -0.2) is 0 Å². The Labute approximate surface area is 84.2 Å². The van der Waals surface area contributed by atoms with E-state index >= 15 is 0 Å². The van der Waals surface area contributed by atoms with Crippen LogP contribution in [0.5, 0.6) is 0 Å². The summed E-state index contributed by atoms with van der Waals surface area (Å²) in [5.74, 6) is 0. The van der Waals surface area contributed by atoms with Gasteiger partial charge in [-0.05, 0) is 29.7 Å². The molecule has 0 aliphatic heterocycles. The average molecular weight is 182 g/mol. The first-order valence-electron chi connectivity index (χ1n) is 4.54. The lowest BCUT2D eigenvalue weighted by atomic mass is 10.0. The first-order chi connectivity index (χ1) is 6.77. The van der Waals surface area contributed by atoms with E-state index in [1.165, 1.54) is 5.56 Å². The Hall–Kier alpha value is -1.76. The molecule has 14 heavy (non-hydrogen) atoms. The number of rotatable bonds is 1. The molecule has 0 atom stereocenters. The monoisotopic (exact) mass is 182 g/mol. The van der Waals surface area contributed by atoms with Gasteiger partial charge >= 0.3 is 0 Å². The number of anilines is 1. The van der Waals surface area contributed by atoms with Gasteiger partial charge < -0.3 is 5.73 Å². The molecule has 0 saturated heterocycles. The zero-order valence-electron chi connectivity index (χ0n) is 7.90. The summed E-state index contributed by atoms with van der Waals surface area (Å²) in [6.45, 7) is 3.83. The fourth-order valence-electron chi connectivity index (χ4n) is 1.41. The van der Waals surface area contributed by atoms with Gasteiger partial charge in [-0.15, -0.1) is 0 Å². The molecule has 0 saturated carbocycles. The summed E-state index contributed by atoms with van der Waals surface area (Å²) >= 11 is 0. The fraction of sp³-hybridized carbons (Fsp3) is 0. The van der Waals surface area contributed by atoms with Crippen LogP contribution in [0, 0.1) is 6.92 Å². The number of benzene rings is 2. The topological polar surface area (TPSA) is 26.0 Å². The summed E-state index contributed by atoms with van der Waals surface area (Å²) in [5, 5.41) is 0. The van der Waals surface area contributed by atoms with Crippen LogP contribution in [-0.2, 0) is 0 Å². The average Bonchev–Trinajstić information content (AvgIpc) is 2.23. The third-order valence-electron chi connectivity index (χ3n) is 2.25. The molecule has 0 aromatic heterocycles. The van der Waals surface area contributed by atoms with Gasteiger partial charge in [0.1, 0.15) is 0 Å². The van der Waals surface area contributed by atoms with Gasteiger partial charge in [-0.2, -0.15) is 0 Å². The Bertz CT molecular complexity index is 432. The Morgan fingerprint density at radius 2 is 1.57 bits per heavy atom. The molecule has 0 spiro atoms. The minimum atomic E-state index is 0.742. The Balaban J connectivity index is 2.48. The highest BCUT2D eigenvalue weighted by Crippen LogP contribution is 2.22. The highest BCUT2D eigenvalue weighted by Gasteiger charge is 1.98. The molecule has 1 nitrogen and oxygen atoms in total. The van der Waals surface area contributed by atoms with Crippen LogP contribution in [0.3, 0.4) is 0 Å². The van der Waals surface area contributed by atoms with Crippen molar-refractivity contribution in [1.82, 2.24) is 0 Å². The van der Waals surface area contributed by atoms with Crippen molar-refractivity contribution in [2.24, 2.45) is 0 Å². The highest BCUT2D eigenvalue weighted by atomic mass is 14.5. The molecule has 2 aromatic rings. The van der Waals surface area contributed by atoms with Crippen molar-refractivity contribution >= 4 is 5.69 Å². The van der Waals surface area contributed by atoms with Gasteiger partial charge in [0.15, 0.2) is 0 Å². The van der Waals surface area contributed by atoms with Crippen molar-refractivity contribution in [3.63, 3.8) is 0 Å². The lowest BCUT2D eigenvalue weighted by Gasteiger charge is -2.04. The van der Waals surface area contributed by atoms with Gasteiger partial charge in [0.2, 0.25) is 0 Å². The summed E-state index contributed by atoms with van der Waals surface area (Å²) < 4.78 is 0. The van der Waals surface area contributed by atoms with Crippen LogP contribution >= 0.6 is 0 Å². The van der Waals surface area contributed by atoms with Crippen molar-refractivity contribution in [3.8, 4) is 11.1 Å². The van der Waals surface area contributed by atoms with Crippen molar-refractivity contribution in [2.75, 3.05) is 5.73 Å². The summed E-state index contributed by atoms with van der Waals surface area (Å²) in [4.78, 5) is 0. The van der Waals surface area contributed by atoms with Gasteiger partial charge in [0.25, 0.3) is 0 Å². The van der Waals surface area contributed by atoms with Crippen LogP contribution in [-0.4, -0.2) is 0 Å². The molecule has 0 amide bonds. The van der Waals surface area contributed by atoms with Gasteiger partial charge in [-0.3, -0.25) is 0 Å². The maximum atomic E-state index is 5.80. The van der Waals surface area contributed by atoms with E-state index in [1.807, 2.05) is 36.4 Å². The molecule has 69 valence electrons. The largest absolute Gasteiger partial charge is 0.398 e. The van der Waals surface area contributed by atoms with Gasteiger partial charge in [0.05, 0.1) is 0 Å². The van der Waals surface area contributed by atoms with Crippen molar-refractivity contribution in [2.45, 2.75) is 0 Å². The van der Waals surface area contributed by atoms with E-state index in [1.54, 1.807) is 0 Å². The molecule has 0 aliphatic rings. The van der Waals surface area contributed by atoms with E-state index in [0.717, 1.165) is 16.8 Å². The quantitative estimate of drug-likeness (QED) is 0.674. The number of nitrogens with two attached hydrogens (primary N) is 1. The van der Waals surface area contributed by atoms with Crippen LogP contribution in [0.15, 0.2) is 48.5 Å². The molecule has 0 aliphatic carbocycles. The molecular weight excluding hydrogens is 170 g/mol. The summed E-state index contributed by atoms with van der Waals surface area (Å²) in [5.41, 5.74) is 9.73. The minimum Gasteiger partial charge on any atom is -0.398 e. The van der Waals surface area contributed by atoms with Gasteiger partial charge in [-0.1, -0.05) is 42.5 Å². The molecular formula is C13H12N. The third kappa shape index (κ3) is 1.62. The molecule has 1 heteroatoms. The van der Waals surface area contributed by atoms with Crippen LogP contribution in [0.25, 0.3) is 11.1 Å². The van der Waals surface area contributed by atoms with Crippen LogP contribution in [0.2, 0.25) is 0 Å². The van der Waals surface area contributed by atoms with E-state index in [-0.39, 0.29) is 0 Å². The predicted molar refractivity (Wildman–Crippen MR) is 60.7 cm³/mol. The summed E-state index contributed by atoms with van der Waals surface area (Å²) in [6.07, 6.45) is 0. The second-order valence-corrected chi connectivity index (χ2v) is 3.28. The molecule has 0 fully saturated rings. The molecule has 2 aromatic carbocycles. The maximum Gasteiger partial charge on any atom is 0.0352 e. The number of hydrogen-bond acceptors (Lipinski definition) is 1. The summed E-state index contributed by atoms with van der Waals surface area (Å²) in [6, 6.07) is 16.1. The lowest BCUT2D eigenvalue weighted by molar-refractivity contribution is 1.57. The van der Waals surface area contributed by atoms with Crippen LogP contribution in [0.4, 0.5) is 5.69 Å². The fourth-order valence-corrected chi connectivity index (χ4v) is 1.41. The lowest BCUT2D eigenvalue weighted by Crippen LogP contribution is -1.89. The number of hydrogen-bond donors (Lipinski definition) is 1. The second-order valence-electron chi connectivity index (χ2n) is 3.28. The predicted octanol–water partition coefficient (Wildman–Crippen LogP) is 3.12. The SMILES string of the molecule is [CH2]c1ccc(-c2ccccc2)cc1N. The van der Waals surface area contributed by atoms with Crippen LogP contribution in [0.1, 0.15) is 5.56 Å². The normalized spacial score (nSPS) is 10.1. The van der Waals surface area contributed by atoms with Crippen molar-refractivity contribution in [3.05, 3.63) is 61.0 Å². The Morgan fingerprint density at radius 3 is 2.21 bits per heavy atom. The maximum absolute atomic E-state index is 5.80. The Kier molecular flexibility index (Phi) is 2.23. The van der Waals surface area contributed by atoms with Gasteiger partial charge in [0, 0.05) is 5.69 Å². The zero-order valence-corrected chi connectivity index (χ0v) is 7.90. The van der Waals surface area contributed by atoms with E-state index in [9.17, 15) is 0 Å². The Morgan fingerprint density at radius 1 is 0.857 bits per heavy atom. The van der Waals surface area contributed by atoms with Crippen molar-refractivity contribution < 1.29 is 0 Å². The summed E-state index contributed by atoms with van der Waals surface area (Å²) in [7, 11) is 0. The van der Waals surface area contributed by atoms with Crippen molar-refractivity contribution in [1.29, 1.82) is 0 Å². The standard InChI is InChI=1S/C13H12N/c1-10-7-8-12(9-13(10)14)11-5-3-2-4-6-11/h2-9H,1,14H2. The molecule has 0 bridgehead atoms. The number of nitrogen functional groups attached to an aromatic ring is 1. The second kappa shape index (κ2) is 3.54.